The summed E-state index contributed by atoms with van der Waals surface area (Å²) in [5, 5.41) is 2.40. The molecule has 1 unspecified atom stereocenters. The third-order valence-electron chi connectivity index (χ3n) is 2.63. The van der Waals surface area contributed by atoms with E-state index in [4.69, 9.17) is 9.47 Å². The second-order valence-corrected chi connectivity index (χ2v) is 4.39. The summed E-state index contributed by atoms with van der Waals surface area (Å²) in [5.41, 5.74) is 0.415. The van der Waals surface area contributed by atoms with Gasteiger partial charge >= 0.3 is 6.09 Å². The predicted molar refractivity (Wildman–Crippen MR) is 67.7 cm³/mol. The Morgan fingerprint density at radius 3 is 2.89 bits per heavy atom. The number of ether oxygens (including phenoxy) is 2. The molecule has 5 heteroatoms. The van der Waals surface area contributed by atoms with E-state index in [0.29, 0.717) is 12.5 Å². The molecule has 1 heterocycles. The van der Waals surface area contributed by atoms with Crippen molar-refractivity contribution in [1.29, 1.82) is 0 Å². The average molecular weight is 248 g/mol. The molecule has 0 aromatic heterocycles. The number of nitrogens with zero attached hydrogens (tertiary/aromatic N) is 1. The van der Waals surface area contributed by atoms with Gasteiger partial charge in [-0.15, -0.1) is 0 Å². The summed E-state index contributed by atoms with van der Waals surface area (Å²) in [6.07, 6.45) is -0.459. The van der Waals surface area contributed by atoms with Gasteiger partial charge in [-0.25, -0.2) is 9.79 Å². The molecule has 0 saturated carbocycles. The van der Waals surface area contributed by atoms with Gasteiger partial charge < -0.3 is 14.8 Å². The number of benzene rings is 1. The molecule has 1 aliphatic heterocycles. The number of carbonyl (C=O) groups is 1. The van der Waals surface area contributed by atoms with Crippen LogP contribution in [0.5, 0.6) is 0 Å². The Bertz CT molecular complexity index is 459. The number of amides is 1. The minimum Gasteiger partial charge on any atom is -0.475 e. The van der Waals surface area contributed by atoms with Gasteiger partial charge in [0.2, 0.25) is 5.90 Å². The van der Waals surface area contributed by atoms with Crippen LogP contribution in [0.25, 0.3) is 0 Å². The number of nitrogens with one attached hydrogen (secondary N) is 1. The molecule has 0 aliphatic carbocycles. The van der Waals surface area contributed by atoms with Crippen molar-refractivity contribution in [3.8, 4) is 0 Å². The van der Waals surface area contributed by atoms with Gasteiger partial charge in [-0.3, -0.25) is 0 Å². The molecule has 0 saturated heterocycles. The van der Waals surface area contributed by atoms with Crippen molar-refractivity contribution in [2.24, 2.45) is 4.99 Å². The van der Waals surface area contributed by atoms with Crippen LogP contribution in [0.1, 0.15) is 12.5 Å². The molecule has 2 rings (SSSR count). The van der Waals surface area contributed by atoms with Crippen molar-refractivity contribution in [1.82, 2.24) is 5.32 Å². The lowest BCUT2D eigenvalue weighted by Gasteiger charge is -2.17. The summed E-state index contributed by atoms with van der Waals surface area (Å²) >= 11 is 0. The Hall–Kier alpha value is -2.04. The summed E-state index contributed by atoms with van der Waals surface area (Å²) in [6.45, 7) is 2.50. The second-order valence-electron chi connectivity index (χ2n) is 4.39. The number of hydrogen-bond acceptors (Lipinski definition) is 4. The highest BCUT2D eigenvalue weighted by molar-refractivity contribution is 5.95. The van der Waals surface area contributed by atoms with Gasteiger partial charge in [0.1, 0.15) is 18.8 Å². The van der Waals surface area contributed by atoms with E-state index in [1.807, 2.05) is 37.3 Å². The first-order valence-corrected chi connectivity index (χ1v) is 5.75. The van der Waals surface area contributed by atoms with Crippen LogP contribution in [-0.4, -0.2) is 37.8 Å². The van der Waals surface area contributed by atoms with Gasteiger partial charge in [0, 0.05) is 12.6 Å². The lowest BCUT2D eigenvalue weighted by atomic mass is 10.1. The molecule has 1 atom stereocenters. The van der Waals surface area contributed by atoms with Crippen LogP contribution in [0.2, 0.25) is 0 Å². The first-order chi connectivity index (χ1) is 8.63. The number of hydrogen-bond donors (Lipinski definition) is 1. The summed E-state index contributed by atoms with van der Waals surface area (Å²) in [7, 11) is 1.52. The Morgan fingerprint density at radius 2 is 2.22 bits per heavy atom. The van der Waals surface area contributed by atoms with Crippen molar-refractivity contribution >= 4 is 12.0 Å². The van der Waals surface area contributed by atoms with E-state index in [0.717, 1.165) is 5.56 Å². The lowest BCUT2D eigenvalue weighted by Crippen LogP contribution is -2.33. The van der Waals surface area contributed by atoms with Crippen LogP contribution in [0, 0.1) is 0 Å². The molecule has 1 aliphatic rings. The Morgan fingerprint density at radius 1 is 1.50 bits per heavy atom. The Balaban J connectivity index is 2.05. The largest absolute Gasteiger partial charge is 0.475 e. The predicted octanol–water partition coefficient (Wildman–Crippen LogP) is 1.58. The van der Waals surface area contributed by atoms with Crippen molar-refractivity contribution in [2.75, 3.05) is 20.3 Å². The molecular formula is C13H16N2O3. The van der Waals surface area contributed by atoms with Crippen LogP contribution in [0.15, 0.2) is 35.3 Å². The fourth-order valence-corrected chi connectivity index (χ4v) is 1.63. The molecule has 1 amide bonds. The van der Waals surface area contributed by atoms with Gasteiger partial charge in [-0.05, 0) is 19.1 Å². The zero-order valence-corrected chi connectivity index (χ0v) is 10.5. The second kappa shape index (κ2) is 5.08. The van der Waals surface area contributed by atoms with Crippen LogP contribution in [0.4, 0.5) is 4.79 Å². The quantitative estimate of drug-likeness (QED) is 0.883. The standard InChI is InChI=1S/C13H16N2O3/c1-13(9-18-12(16)14-2)8-17-11(15-13)10-6-4-3-5-7-10/h3-7H,8-9H2,1-2H3,(H,14,16). The molecule has 1 aromatic rings. The summed E-state index contributed by atoms with van der Waals surface area (Å²) < 4.78 is 10.6. The van der Waals surface area contributed by atoms with E-state index < -0.39 is 11.6 Å². The van der Waals surface area contributed by atoms with Gasteiger partial charge in [-0.2, -0.15) is 0 Å². The molecule has 0 bridgehead atoms. The van der Waals surface area contributed by atoms with E-state index in [2.05, 4.69) is 10.3 Å². The molecule has 1 N–H and O–H groups in total. The summed E-state index contributed by atoms with van der Waals surface area (Å²) in [5.74, 6) is 0.596. The van der Waals surface area contributed by atoms with Gasteiger partial charge in [0.05, 0.1) is 0 Å². The van der Waals surface area contributed by atoms with E-state index in [1.54, 1.807) is 0 Å². The third kappa shape index (κ3) is 2.80. The number of alkyl carbamates (subject to hydrolysis) is 1. The highest BCUT2D eigenvalue weighted by Crippen LogP contribution is 2.21. The molecule has 0 spiro atoms. The van der Waals surface area contributed by atoms with Crippen molar-refractivity contribution in [3.63, 3.8) is 0 Å². The molecule has 1 aromatic carbocycles. The van der Waals surface area contributed by atoms with Crippen LogP contribution < -0.4 is 5.32 Å². The van der Waals surface area contributed by atoms with Crippen molar-refractivity contribution < 1.29 is 14.3 Å². The topological polar surface area (TPSA) is 59.9 Å². The first-order valence-electron chi connectivity index (χ1n) is 5.75. The highest BCUT2D eigenvalue weighted by Gasteiger charge is 2.33. The van der Waals surface area contributed by atoms with E-state index in [1.165, 1.54) is 7.05 Å². The number of aliphatic imine (C=N–C) groups is 1. The summed E-state index contributed by atoms with van der Waals surface area (Å²) in [6, 6.07) is 9.66. The maximum absolute atomic E-state index is 11.0. The first kappa shape index (κ1) is 12.4. The minimum atomic E-state index is -0.516. The van der Waals surface area contributed by atoms with Gasteiger partial charge in [0.15, 0.2) is 0 Å². The minimum absolute atomic E-state index is 0.197. The molecule has 5 nitrogen and oxygen atoms in total. The normalized spacial score (nSPS) is 22.0. The van der Waals surface area contributed by atoms with Gasteiger partial charge in [0.25, 0.3) is 0 Å². The van der Waals surface area contributed by atoms with E-state index >= 15 is 0 Å². The lowest BCUT2D eigenvalue weighted by molar-refractivity contribution is 0.112. The van der Waals surface area contributed by atoms with Crippen LogP contribution >= 0.6 is 0 Å². The average Bonchev–Trinajstić information content (AvgIpc) is 2.80. The Labute approximate surface area is 106 Å². The fourth-order valence-electron chi connectivity index (χ4n) is 1.63. The summed E-state index contributed by atoms with van der Waals surface area (Å²) in [4.78, 5) is 15.5. The highest BCUT2D eigenvalue weighted by atomic mass is 16.6. The monoisotopic (exact) mass is 248 g/mol. The molecule has 0 fully saturated rings. The zero-order chi connectivity index (χ0) is 13.0. The van der Waals surface area contributed by atoms with Gasteiger partial charge in [-0.1, -0.05) is 18.2 Å². The van der Waals surface area contributed by atoms with E-state index in [9.17, 15) is 4.79 Å². The Kier molecular flexibility index (Phi) is 3.50. The smallest absolute Gasteiger partial charge is 0.406 e. The van der Waals surface area contributed by atoms with Crippen molar-refractivity contribution in [2.45, 2.75) is 12.5 Å². The van der Waals surface area contributed by atoms with Crippen LogP contribution in [0.3, 0.4) is 0 Å². The molecule has 96 valence electrons. The maximum atomic E-state index is 11.0. The molecule has 18 heavy (non-hydrogen) atoms. The maximum Gasteiger partial charge on any atom is 0.406 e. The molecular weight excluding hydrogens is 232 g/mol. The van der Waals surface area contributed by atoms with E-state index in [-0.39, 0.29) is 6.61 Å². The van der Waals surface area contributed by atoms with Crippen LogP contribution in [-0.2, 0) is 9.47 Å². The number of carbonyl (C=O) groups excluding carboxylic acids is 1. The van der Waals surface area contributed by atoms with Crippen molar-refractivity contribution in [3.05, 3.63) is 35.9 Å². The SMILES string of the molecule is CNC(=O)OCC1(C)COC(c2ccccc2)=N1. The molecule has 0 radical (unpaired) electrons. The third-order valence-corrected chi connectivity index (χ3v) is 2.63. The number of rotatable bonds is 3. The zero-order valence-electron chi connectivity index (χ0n) is 10.5. The fraction of sp³-hybridized carbons (Fsp3) is 0.385.